The molecule has 174 valence electrons. The highest BCUT2D eigenvalue weighted by atomic mass is 35.5. The molecule has 0 unspecified atom stereocenters. The van der Waals surface area contributed by atoms with E-state index in [-0.39, 0.29) is 15.8 Å². The normalized spacial score (nSPS) is 12.1. The van der Waals surface area contributed by atoms with E-state index >= 15 is 0 Å². The van der Waals surface area contributed by atoms with Gasteiger partial charge in [0.15, 0.2) is 5.57 Å². The van der Waals surface area contributed by atoms with Gasteiger partial charge in [-0.05, 0) is 43.3 Å². The van der Waals surface area contributed by atoms with Crippen LogP contribution in [0.15, 0.2) is 83.7 Å². The van der Waals surface area contributed by atoms with Gasteiger partial charge in [-0.2, -0.15) is 5.26 Å². The van der Waals surface area contributed by atoms with Crippen LogP contribution in [0.5, 0.6) is 5.75 Å². The molecule has 4 aromatic rings. The highest BCUT2D eigenvalue weighted by molar-refractivity contribution is 7.07. The molecule has 0 bridgehead atoms. The summed E-state index contributed by atoms with van der Waals surface area (Å²) in [6.07, 6.45) is 1.71. The Morgan fingerprint density at radius 2 is 1.77 bits per heavy atom. The van der Waals surface area contributed by atoms with Crippen molar-refractivity contribution < 1.29 is 9.53 Å². The summed E-state index contributed by atoms with van der Waals surface area (Å²) in [5.41, 5.74) is 1.09. The zero-order valence-electron chi connectivity index (χ0n) is 18.7. The molecule has 1 heterocycles. The molecule has 0 fully saturated rings. The summed E-state index contributed by atoms with van der Waals surface area (Å²) >= 11 is 7.24. The van der Waals surface area contributed by atoms with Crippen molar-refractivity contribution in [1.82, 2.24) is 4.57 Å². The average molecular weight is 502 g/mol. The molecular weight excluding hydrogens is 482 g/mol. The van der Waals surface area contributed by atoms with Gasteiger partial charge in [0.05, 0.1) is 27.5 Å². The van der Waals surface area contributed by atoms with Crippen molar-refractivity contribution in [3.8, 4) is 17.5 Å². The van der Waals surface area contributed by atoms with Crippen LogP contribution in [-0.2, 0) is 4.79 Å². The van der Waals surface area contributed by atoms with Crippen molar-refractivity contribution in [3.63, 3.8) is 0 Å². The minimum atomic E-state index is -0.659. The minimum Gasteiger partial charge on any atom is -0.493 e. The van der Waals surface area contributed by atoms with Crippen molar-refractivity contribution in [3.05, 3.63) is 109 Å². The molecule has 6 nitrogen and oxygen atoms in total. The summed E-state index contributed by atoms with van der Waals surface area (Å²) < 4.78 is 7.64. The highest BCUT2D eigenvalue weighted by Gasteiger charge is 2.18. The summed E-state index contributed by atoms with van der Waals surface area (Å²) in [6, 6.07) is 25.0. The second-order valence-electron chi connectivity index (χ2n) is 7.28. The second kappa shape index (κ2) is 10.9. The number of carbonyl (C=O) groups is 1. The maximum absolute atomic E-state index is 13.5. The molecule has 0 atom stereocenters. The van der Waals surface area contributed by atoms with Crippen LogP contribution in [0.25, 0.3) is 17.3 Å². The number of halogens is 1. The molecule has 0 spiro atoms. The fourth-order valence-corrected chi connectivity index (χ4v) is 4.71. The Morgan fingerprint density at radius 3 is 2.49 bits per heavy atom. The molecule has 1 amide bonds. The Morgan fingerprint density at radius 1 is 1.09 bits per heavy atom. The first kappa shape index (κ1) is 24.0. The van der Waals surface area contributed by atoms with E-state index in [0.717, 1.165) is 16.9 Å². The number of aromatic nitrogens is 1. The molecule has 0 aliphatic heterocycles. The lowest BCUT2D eigenvalue weighted by molar-refractivity contribution is -0.111. The number of nitrogens with zero attached hydrogens (tertiary/aromatic N) is 2. The second-order valence-corrected chi connectivity index (χ2v) is 8.72. The average Bonchev–Trinajstić information content (AvgIpc) is 3.18. The summed E-state index contributed by atoms with van der Waals surface area (Å²) in [4.78, 5) is 26.7. The van der Waals surface area contributed by atoms with Gasteiger partial charge in [-0.3, -0.25) is 14.2 Å². The summed E-state index contributed by atoms with van der Waals surface area (Å²) in [6.45, 7) is 2.36. The number of anilines is 1. The van der Waals surface area contributed by atoms with E-state index in [9.17, 15) is 14.9 Å². The first-order valence-corrected chi connectivity index (χ1v) is 11.9. The predicted molar refractivity (Wildman–Crippen MR) is 139 cm³/mol. The Bertz CT molecular complexity index is 1600. The first-order chi connectivity index (χ1) is 17.0. The number of hydrogen-bond acceptors (Lipinski definition) is 5. The molecule has 0 saturated heterocycles. The van der Waals surface area contributed by atoms with Crippen LogP contribution in [0.4, 0.5) is 5.69 Å². The molecular formula is C27H20ClN3O3S. The van der Waals surface area contributed by atoms with Crippen LogP contribution < -0.4 is 24.8 Å². The summed E-state index contributed by atoms with van der Waals surface area (Å²) in [7, 11) is 0. The van der Waals surface area contributed by atoms with Crippen molar-refractivity contribution in [2.75, 3.05) is 11.9 Å². The number of nitrogens with one attached hydrogen (secondary N) is 1. The number of rotatable bonds is 6. The van der Waals surface area contributed by atoms with E-state index in [0.29, 0.717) is 33.3 Å². The van der Waals surface area contributed by atoms with Gasteiger partial charge in [0.1, 0.15) is 16.5 Å². The number of para-hydroxylation sites is 3. The third-order valence-electron chi connectivity index (χ3n) is 5.02. The largest absolute Gasteiger partial charge is 0.493 e. The van der Waals surface area contributed by atoms with Crippen molar-refractivity contribution >= 4 is 46.2 Å². The third kappa shape index (κ3) is 5.19. The number of ether oxygens (including phenoxy) is 1. The molecule has 3 aromatic carbocycles. The summed E-state index contributed by atoms with van der Waals surface area (Å²) in [5, 5.41) is 13.0. The Labute approximate surface area is 210 Å². The summed E-state index contributed by atoms with van der Waals surface area (Å²) in [5.74, 6) is -0.0237. The Hall–Kier alpha value is -4.12. The highest BCUT2D eigenvalue weighted by Crippen LogP contribution is 2.21. The fraction of sp³-hybridized carbons (Fsp3) is 0.0741. The SMILES string of the molecule is CCOc1ccccc1/C=c1/s/c(=C(\C#N)C(=O)Nc2ccccc2Cl)n(-c2ccccc2)c1=O. The van der Waals surface area contributed by atoms with Crippen molar-refractivity contribution in [2.45, 2.75) is 6.92 Å². The van der Waals surface area contributed by atoms with E-state index in [1.54, 1.807) is 54.6 Å². The number of benzene rings is 3. The maximum Gasteiger partial charge on any atom is 0.273 e. The molecule has 1 N–H and O–H groups in total. The minimum absolute atomic E-state index is 0.200. The van der Waals surface area contributed by atoms with Gasteiger partial charge in [0.2, 0.25) is 0 Å². The smallest absolute Gasteiger partial charge is 0.273 e. The topological polar surface area (TPSA) is 84.1 Å². The third-order valence-corrected chi connectivity index (χ3v) is 6.44. The van der Waals surface area contributed by atoms with Gasteiger partial charge < -0.3 is 10.1 Å². The van der Waals surface area contributed by atoms with Crippen LogP contribution >= 0.6 is 22.9 Å². The van der Waals surface area contributed by atoms with Crippen LogP contribution in [-0.4, -0.2) is 17.1 Å². The molecule has 0 radical (unpaired) electrons. The number of carbonyl (C=O) groups excluding carboxylic acids is 1. The molecule has 0 aliphatic carbocycles. The van der Waals surface area contributed by atoms with E-state index in [1.807, 2.05) is 43.3 Å². The van der Waals surface area contributed by atoms with E-state index < -0.39 is 5.91 Å². The molecule has 8 heteroatoms. The molecule has 1 aromatic heterocycles. The maximum atomic E-state index is 13.5. The van der Waals surface area contributed by atoms with Crippen LogP contribution in [0.3, 0.4) is 0 Å². The number of nitriles is 1. The lowest BCUT2D eigenvalue weighted by Gasteiger charge is -2.07. The van der Waals surface area contributed by atoms with Crippen LogP contribution in [0, 0.1) is 11.3 Å². The molecule has 35 heavy (non-hydrogen) atoms. The molecule has 4 rings (SSSR count). The fourth-order valence-electron chi connectivity index (χ4n) is 3.43. The van der Waals surface area contributed by atoms with E-state index in [2.05, 4.69) is 5.32 Å². The molecule has 0 aliphatic rings. The molecule has 0 saturated carbocycles. The van der Waals surface area contributed by atoms with Gasteiger partial charge in [-0.1, -0.05) is 60.1 Å². The van der Waals surface area contributed by atoms with Gasteiger partial charge in [0, 0.05) is 5.56 Å². The zero-order chi connectivity index (χ0) is 24.8. The number of thiazole rings is 1. The van der Waals surface area contributed by atoms with E-state index in [4.69, 9.17) is 16.3 Å². The van der Waals surface area contributed by atoms with Gasteiger partial charge in [-0.15, -0.1) is 11.3 Å². The van der Waals surface area contributed by atoms with Gasteiger partial charge >= 0.3 is 0 Å². The van der Waals surface area contributed by atoms with Gasteiger partial charge in [-0.25, -0.2) is 0 Å². The van der Waals surface area contributed by atoms with Crippen molar-refractivity contribution in [2.24, 2.45) is 0 Å². The van der Waals surface area contributed by atoms with E-state index in [1.165, 1.54) is 4.57 Å². The predicted octanol–water partition coefficient (Wildman–Crippen LogP) is 4.09. The first-order valence-electron chi connectivity index (χ1n) is 10.7. The van der Waals surface area contributed by atoms with Gasteiger partial charge in [0.25, 0.3) is 11.5 Å². The monoisotopic (exact) mass is 501 g/mol. The zero-order valence-corrected chi connectivity index (χ0v) is 20.3. The van der Waals surface area contributed by atoms with Crippen LogP contribution in [0.1, 0.15) is 12.5 Å². The lowest BCUT2D eigenvalue weighted by atomic mass is 10.2. The standard InChI is InChI=1S/C27H20ClN3O3S/c1-2-34-23-15-9-6-10-18(23)16-24-26(33)31(19-11-4-3-5-12-19)27(35-24)20(17-29)25(32)30-22-14-8-7-13-21(22)28/h3-16H,2H2,1H3,(H,30,32)/b24-16+,27-20+. The van der Waals surface area contributed by atoms with Crippen LogP contribution in [0.2, 0.25) is 5.02 Å². The number of amides is 1. The Kier molecular flexibility index (Phi) is 7.46. The number of hydrogen-bond donors (Lipinski definition) is 1. The lowest BCUT2D eigenvalue weighted by Crippen LogP contribution is -2.32. The quantitative estimate of drug-likeness (QED) is 0.431. The Balaban J connectivity index is 1.97. The van der Waals surface area contributed by atoms with Crippen molar-refractivity contribution in [1.29, 1.82) is 5.26 Å².